The van der Waals surface area contributed by atoms with E-state index in [9.17, 15) is 4.79 Å². The maximum Gasteiger partial charge on any atom is 0.231 e. The lowest BCUT2D eigenvalue weighted by Crippen LogP contribution is -2.47. The summed E-state index contributed by atoms with van der Waals surface area (Å²) >= 11 is 0. The number of hydrazine groups is 1. The van der Waals surface area contributed by atoms with E-state index in [-0.39, 0.29) is 12.1 Å². The molecule has 0 aliphatic heterocycles. The molecule has 0 fully saturated rings. The molecule has 0 aromatic rings. The summed E-state index contributed by atoms with van der Waals surface area (Å²) in [5.41, 5.74) is 7.91. The Balaban J connectivity index is 3.50. The van der Waals surface area contributed by atoms with Crippen LogP contribution in [0.25, 0.3) is 0 Å². The Morgan fingerprint density at radius 2 is 2.22 bits per heavy atom. The van der Waals surface area contributed by atoms with Crippen molar-refractivity contribution in [2.45, 2.75) is 20.0 Å². The first kappa shape index (κ1) is 8.39. The van der Waals surface area contributed by atoms with Crippen LogP contribution < -0.4 is 11.2 Å². The molecule has 1 atom stereocenters. The van der Waals surface area contributed by atoms with E-state index in [1.165, 1.54) is 6.92 Å². The van der Waals surface area contributed by atoms with Gasteiger partial charge in [0.2, 0.25) is 5.91 Å². The van der Waals surface area contributed by atoms with Gasteiger partial charge >= 0.3 is 0 Å². The molecule has 0 saturated heterocycles. The molecule has 0 heterocycles. The fraction of sp³-hybridized carbons (Fsp3) is 0.800. The summed E-state index contributed by atoms with van der Waals surface area (Å²) in [6.07, 6.45) is -0.145. The summed E-state index contributed by atoms with van der Waals surface area (Å²) in [5.74, 6) is -0.102. The van der Waals surface area contributed by atoms with Crippen LogP contribution in [0, 0.1) is 0 Å². The summed E-state index contributed by atoms with van der Waals surface area (Å²) in [6.45, 7) is 3.23. The van der Waals surface area contributed by atoms with Crippen molar-refractivity contribution in [3.05, 3.63) is 0 Å². The molecule has 4 heteroatoms. The molecule has 0 aliphatic rings. The topological polar surface area (TPSA) is 58.4 Å². The number of carbonyl (C=O) groups is 1. The predicted molar refractivity (Wildman–Crippen MR) is 35.2 cm³/mol. The van der Waals surface area contributed by atoms with Crippen LogP contribution in [-0.2, 0) is 4.79 Å². The molecular formula is C5H13N3O. The van der Waals surface area contributed by atoms with Gasteiger partial charge in [0.25, 0.3) is 0 Å². The second-order valence-corrected chi connectivity index (χ2v) is 2.02. The highest BCUT2D eigenvalue weighted by molar-refractivity contribution is 5.72. The van der Waals surface area contributed by atoms with Gasteiger partial charge in [-0.2, -0.15) is 0 Å². The van der Waals surface area contributed by atoms with Crippen LogP contribution in [0.4, 0.5) is 0 Å². The first-order chi connectivity index (χ1) is 4.04. The molecule has 0 aliphatic carbocycles. The fourth-order valence-corrected chi connectivity index (χ4v) is 0.350. The Morgan fingerprint density at radius 3 is 2.33 bits per heavy atom. The lowest BCUT2D eigenvalue weighted by molar-refractivity contribution is -0.123. The van der Waals surface area contributed by atoms with Gasteiger partial charge in [0.15, 0.2) is 0 Å². The zero-order valence-corrected chi connectivity index (χ0v) is 6.01. The fourth-order valence-electron chi connectivity index (χ4n) is 0.350. The van der Waals surface area contributed by atoms with E-state index in [0.29, 0.717) is 0 Å². The lowest BCUT2D eigenvalue weighted by atomic mass is 10.6. The number of carbonyl (C=O) groups excluding carboxylic acids is 1. The standard InChI is InChI=1S/C5H13N3O/c1-4(6)8(3)7-5(2)9/h4H,6H2,1-3H3,(H,7,9). The number of nitrogens with zero attached hydrogens (tertiary/aromatic N) is 1. The molecule has 0 rings (SSSR count). The Labute approximate surface area is 55.0 Å². The zero-order chi connectivity index (χ0) is 7.44. The molecule has 0 bridgehead atoms. The largest absolute Gasteiger partial charge is 0.315 e. The van der Waals surface area contributed by atoms with E-state index < -0.39 is 0 Å². The number of amides is 1. The first-order valence-electron chi connectivity index (χ1n) is 2.79. The van der Waals surface area contributed by atoms with Gasteiger partial charge in [-0.05, 0) is 6.92 Å². The van der Waals surface area contributed by atoms with E-state index in [1.807, 2.05) is 0 Å². The predicted octanol–water partition coefficient (Wildman–Crippen LogP) is -0.726. The highest BCUT2D eigenvalue weighted by Crippen LogP contribution is 1.78. The van der Waals surface area contributed by atoms with Gasteiger partial charge in [0, 0.05) is 14.0 Å². The first-order valence-corrected chi connectivity index (χ1v) is 2.79. The monoisotopic (exact) mass is 131 g/mol. The van der Waals surface area contributed by atoms with E-state index in [1.54, 1.807) is 19.0 Å². The third-order valence-corrected chi connectivity index (χ3v) is 0.945. The third kappa shape index (κ3) is 3.93. The summed E-state index contributed by atoms with van der Waals surface area (Å²) in [6, 6.07) is 0. The summed E-state index contributed by atoms with van der Waals surface area (Å²) in [4.78, 5) is 10.4. The average Bonchev–Trinajstić information content (AvgIpc) is 1.63. The van der Waals surface area contributed by atoms with Gasteiger partial charge in [0.1, 0.15) is 0 Å². The van der Waals surface area contributed by atoms with Crippen LogP contribution in [0.3, 0.4) is 0 Å². The molecular weight excluding hydrogens is 118 g/mol. The summed E-state index contributed by atoms with van der Waals surface area (Å²) < 4.78 is 0. The van der Waals surface area contributed by atoms with Crippen LogP contribution in [-0.4, -0.2) is 24.1 Å². The minimum absolute atomic E-state index is 0.102. The molecule has 1 amide bonds. The van der Waals surface area contributed by atoms with E-state index >= 15 is 0 Å². The number of hydrogen-bond donors (Lipinski definition) is 2. The average molecular weight is 131 g/mol. The van der Waals surface area contributed by atoms with Crippen molar-refractivity contribution in [2.24, 2.45) is 5.73 Å². The summed E-state index contributed by atoms with van der Waals surface area (Å²) in [7, 11) is 1.71. The molecule has 0 saturated carbocycles. The number of nitrogens with two attached hydrogens (primary N) is 1. The molecule has 4 nitrogen and oxygen atoms in total. The second-order valence-electron chi connectivity index (χ2n) is 2.02. The van der Waals surface area contributed by atoms with Gasteiger partial charge in [-0.25, -0.2) is 5.01 Å². The maximum atomic E-state index is 10.4. The Morgan fingerprint density at radius 1 is 1.78 bits per heavy atom. The van der Waals surface area contributed by atoms with E-state index in [2.05, 4.69) is 5.43 Å². The van der Waals surface area contributed by atoms with Crippen molar-refractivity contribution >= 4 is 5.91 Å². The van der Waals surface area contributed by atoms with Gasteiger partial charge < -0.3 is 5.73 Å². The molecule has 0 radical (unpaired) electrons. The normalized spacial score (nSPS) is 13.4. The van der Waals surface area contributed by atoms with Gasteiger partial charge in [-0.3, -0.25) is 10.2 Å². The van der Waals surface area contributed by atoms with Crippen LogP contribution in [0.5, 0.6) is 0 Å². The van der Waals surface area contributed by atoms with Crippen molar-refractivity contribution in [1.29, 1.82) is 0 Å². The number of hydrogen-bond acceptors (Lipinski definition) is 3. The van der Waals surface area contributed by atoms with Crippen molar-refractivity contribution < 1.29 is 4.79 Å². The van der Waals surface area contributed by atoms with Crippen LogP contribution in [0.2, 0.25) is 0 Å². The van der Waals surface area contributed by atoms with Crippen LogP contribution >= 0.6 is 0 Å². The zero-order valence-electron chi connectivity index (χ0n) is 6.01. The van der Waals surface area contributed by atoms with Crippen molar-refractivity contribution in [2.75, 3.05) is 7.05 Å². The smallest absolute Gasteiger partial charge is 0.231 e. The Hall–Kier alpha value is -0.610. The molecule has 3 N–H and O–H groups in total. The number of rotatable bonds is 2. The highest BCUT2D eigenvalue weighted by Gasteiger charge is 2.02. The quantitative estimate of drug-likeness (QED) is 0.384. The Kier molecular flexibility index (Phi) is 3.19. The SMILES string of the molecule is CC(=O)NN(C)C(C)N. The number of nitrogens with one attached hydrogen (secondary N) is 1. The van der Waals surface area contributed by atoms with E-state index in [4.69, 9.17) is 5.73 Å². The minimum atomic E-state index is -0.145. The molecule has 9 heavy (non-hydrogen) atoms. The Bertz CT molecular complexity index is 102. The van der Waals surface area contributed by atoms with Crippen molar-refractivity contribution in [3.63, 3.8) is 0 Å². The highest BCUT2D eigenvalue weighted by atomic mass is 16.2. The lowest BCUT2D eigenvalue weighted by Gasteiger charge is -2.20. The van der Waals surface area contributed by atoms with Gasteiger partial charge in [0.05, 0.1) is 6.17 Å². The molecule has 0 aromatic heterocycles. The van der Waals surface area contributed by atoms with Crippen LogP contribution in [0.15, 0.2) is 0 Å². The van der Waals surface area contributed by atoms with Gasteiger partial charge in [-0.15, -0.1) is 0 Å². The van der Waals surface area contributed by atoms with Gasteiger partial charge in [-0.1, -0.05) is 0 Å². The maximum absolute atomic E-state index is 10.4. The molecule has 0 spiro atoms. The summed E-state index contributed by atoms with van der Waals surface area (Å²) in [5, 5.41) is 1.54. The van der Waals surface area contributed by atoms with Crippen molar-refractivity contribution in [1.82, 2.24) is 10.4 Å². The molecule has 1 unspecified atom stereocenters. The van der Waals surface area contributed by atoms with E-state index in [0.717, 1.165) is 0 Å². The minimum Gasteiger partial charge on any atom is -0.315 e. The molecule has 54 valence electrons. The third-order valence-electron chi connectivity index (χ3n) is 0.945. The second kappa shape index (κ2) is 3.42. The van der Waals surface area contributed by atoms with Crippen molar-refractivity contribution in [3.8, 4) is 0 Å². The molecule has 0 aromatic carbocycles. The van der Waals surface area contributed by atoms with Crippen LogP contribution in [0.1, 0.15) is 13.8 Å².